The number of anilines is 1. The molecule has 4 fully saturated rings. The van der Waals surface area contributed by atoms with Crippen LogP contribution in [-0.2, 0) is 27.9 Å². The van der Waals surface area contributed by atoms with Gasteiger partial charge in [0.05, 0.1) is 42.4 Å². The van der Waals surface area contributed by atoms with Gasteiger partial charge < -0.3 is 28.6 Å². The van der Waals surface area contributed by atoms with Crippen molar-refractivity contribution in [2.24, 2.45) is 13.0 Å². The zero-order chi connectivity index (χ0) is 43.2. The van der Waals surface area contributed by atoms with E-state index in [-0.39, 0.29) is 36.3 Å². The van der Waals surface area contributed by atoms with E-state index < -0.39 is 23.8 Å². The molecule has 5 aliphatic rings. The molecule has 4 amide bonds. The summed E-state index contributed by atoms with van der Waals surface area (Å²) in [6.45, 7) is 9.95. The molecule has 4 aromatic rings. The molecular formula is C47H55N7O8. The third-order valence-corrected chi connectivity index (χ3v) is 13.6. The summed E-state index contributed by atoms with van der Waals surface area (Å²) in [6.07, 6.45) is 8.15. The molecule has 62 heavy (non-hydrogen) atoms. The number of imide groups is 2. The SMILES string of the molecule is CCOC1CC1c1cc2c(-c3cc(OC)c(CN4CCN(CCC5CCN(c6ccc7c(c6)C(=O)N(C6CCC(=O)NC6=O)C7=O)CC5)CC4)c(OC)c3)cn(C)c(=O)c2cn1. The number of fused-ring (bicyclic) bond motifs is 2. The number of hydrogen-bond donors (Lipinski definition) is 1. The molecule has 0 radical (unpaired) electrons. The van der Waals surface area contributed by atoms with Crippen LogP contribution in [0.15, 0.2) is 53.6 Å². The van der Waals surface area contributed by atoms with Crippen molar-refractivity contribution in [1.29, 1.82) is 0 Å². The number of piperidine rings is 2. The number of nitrogens with zero attached hydrogens (tertiary/aromatic N) is 6. The van der Waals surface area contributed by atoms with Gasteiger partial charge in [-0.05, 0) is 98.8 Å². The minimum absolute atomic E-state index is 0.0882. The first-order chi connectivity index (χ1) is 30.0. The van der Waals surface area contributed by atoms with Gasteiger partial charge in [-0.15, -0.1) is 0 Å². The van der Waals surface area contributed by atoms with Crippen molar-refractivity contribution >= 4 is 40.1 Å². The molecule has 15 heteroatoms. The average molecular weight is 846 g/mol. The van der Waals surface area contributed by atoms with Gasteiger partial charge >= 0.3 is 0 Å². The number of aryl methyl sites for hydroxylation is 1. The van der Waals surface area contributed by atoms with Gasteiger partial charge in [0.2, 0.25) is 11.8 Å². The Kier molecular flexibility index (Phi) is 11.6. The number of hydrogen-bond acceptors (Lipinski definition) is 12. The first-order valence-corrected chi connectivity index (χ1v) is 22.0. The Morgan fingerprint density at radius 2 is 1.52 bits per heavy atom. The molecule has 1 saturated carbocycles. The van der Waals surface area contributed by atoms with Gasteiger partial charge in [0.1, 0.15) is 17.5 Å². The lowest BCUT2D eigenvalue weighted by atomic mass is 9.92. The van der Waals surface area contributed by atoms with Crippen molar-refractivity contribution in [3.05, 3.63) is 81.5 Å². The van der Waals surface area contributed by atoms with Crippen molar-refractivity contribution in [3.63, 3.8) is 0 Å². The highest BCUT2D eigenvalue weighted by molar-refractivity contribution is 6.23. The number of amides is 4. The van der Waals surface area contributed by atoms with E-state index in [4.69, 9.17) is 14.2 Å². The van der Waals surface area contributed by atoms with E-state index in [0.717, 1.165) is 121 Å². The van der Waals surface area contributed by atoms with E-state index in [2.05, 4.69) is 43.2 Å². The van der Waals surface area contributed by atoms with Crippen LogP contribution in [0.25, 0.3) is 21.9 Å². The molecule has 6 heterocycles. The molecule has 3 atom stereocenters. The standard InChI is InChI=1S/C47H55N7O8/c1-5-62-42-24-34(42)38-23-32-35(25-48-38)45(57)50(2)26-36(32)29-20-40(60-3)37(41(21-29)61-4)27-52-18-16-51(17-19-52)13-10-28-11-14-53(15-12-28)30-6-7-31-33(22-30)47(59)54(46(31)58)39-8-9-43(55)49-44(39)56/h6-7,20-23,25-26,28,34,39,42H,5,8-19,24,27H2,1-4H3,(H,49,55,56). The number of pyridine rings is 2. The number of ether oxygens (including phenoxy) is 3. The van der Waals surface area contributed by atoms with Crippen LogP contribution in [0.4, 0.5) is 5.69 Å². The van der Waals surface area contributed by atoms with Crippen LogP contribution >= 0.6 is 0 Å². The van der Waals surface area contributed by atoms with Gasteiger partial charge in [-0.2, -0.15) is 0 Å². The zero-order valence-electron chi connectivity index (χ0n) is 36.0. The van der Waals surface area contributed by atoms with Crippen molar-refractivity contribution < 1.29 is 33.4 Å². The van der Waals surface area contributed by atoms with Crippen molar-refractivity contribution in [3.8, 4) is 22.6 Å². The first kappa shape index (κ1) is 41.7. The lowest BCUT2D eigenvalue weighted by molar-refractivity contribution is -0.136. The Hall–Kier alpha value is -5.64. The van der Waals surface area contributed by atoms with Gasteiger partial charge in [-0.3, -0.25) is 44.1 Å². The highest BCUT2D eigenvalue weighted by Crippen LogP contribution is 2.44. The lowest BCUT2D eigenvalue weighted by Crippen LogP contribution is -2.54. The quantitative estimate of drug-likeness (QED) is 0.191. The van der Waals surface area contributed by atoms with Crippen molar-refractivity contribution in [2.75, 3.05) is 71.5 Å². The fraction of sp³-hybridized carbons (Fsp3) is 0.489. The Morgan fingerprint density at radius 3 is 2.21 bits per heavy atom. The Morgan fingerprint density at radius 1 is 0.806 bits per heavy atom. The molecule has 9 rings (SSSR count). The number of carbonyl (C=O) groups excluding carboxylic acids is 4. The average Bonchev–Trinajstić information content (AvgIpc) is 4.02. The Labute approximate surface area is 360 Å². The fourth-order valence-corrected chi connectivity index (χ4v) is 9.88. The number of aromatic nitrogens is 2. The highest BCUT2D eigenvalue weighted by Gasteiger charge is 2.45. The zero-order valence-corrected chi connectivity index (χ0v) is 36.0. The second-order valence-electron chi connectivity index (χ2n) is 17.3. The predicted octanol–water partition coefficient (Wildman–Crippen LogP) is 4.34. The molecule has 2 aromatic heterocycles. The largest absolute Gasteiger partial charge is 0.496 e. The Bertz CT molecular complexity index is 2460. The predicted molar refractivity (Wildman–Crippen MR) is 233 cm³/mol. The third-order valence-electron chi connectivity index (χ3n) is 13.6. The Balaban J connectivity index is 0.789. The molecule has 0 bridgehead atoms. The van der Waals surface area contributed by atoms with Crippen LogP contribution in [0.2, 0.25) is 0 Å². The first-order valence-electron chi connectivity index (χ1n) is 22.0. The number of benzene rings is 2. The lowest BCUT2D eigenvalue weighted by Gasteiger charge is -2.37. The maximum absolute atomic E-state index is 13.4. The normalized spacial score (nSPS) is 22.4. The van der Waals surface area contributed by atoms with E-state index >= 15 is 0 Å². The van der Waals surface area contributed by atoms with Crippen LogP contribution in [0.5, 0.6) is 11.5 Å². The maximum atomic E-state index is 13.4. The summed E-state index contributed by atoms with van der Waals surface area (Å²) < 4.78 is 19.5. The third kappa shape index (κ3) is 7.97. The summed E-state index contributed by atoms with van der Waals surface area (Å²) in [4.78, 5) is 76.9. The van der Waals surface area contributed by atoms with Gasteiger partial charge in [0, 0.05) is 101 Å². The minimum atomic E-state index is -0.969. The number of methoxy groups -OCH3 is 2. The second-order valence-corrected chi connectivity index (χ2v) is 17.3. The summed E-state index contributed by atoms with van der Waals surface area (Å²) in [5.41, 5.74) is 5.21. The number of nitrogens with one attached hydrogen (secondary N) is 1. The van der Waals surface area contributed by atoms with E-state index in [0.29, 0.717) is 35.6 Å². The fourth-order valence-electron chi connectivity index (χ4n) is 9.88. The molecule has 3 saturated heterocycles. The highest BCUT2D eigenvalue weighted by atomic mass is 16.5. The molecule has 2 aromatic carbocycles. The monoisotopic (exact) mass is 845 g/mol. The topological polar surface area (TPSA) is 156 Å². The van der Waals surface area contributed by atoms with E-state index in [9.17, 15) is 24.0 Å². The van der Waals surface area contributed by atoms with Crippen LogP contribution < -0.4 is 25.2 Å². The van der Waals surface area contributed by atoms with E-state index in [1.54, 1.807) is 44.2 Å². The number of rotatable bonds is 13. The van der Waals surface area contributed by atoms with Crippen LogP contribution in [0, 0.1) is 5.92 Å². The molecule has 0 spiro atoms. The van der Waals surface area contributed by atoms with Crippen LogP contribution in [0.1, 0.15) is 83.3 Å². The van der Waals surface area contributed by atoms with E-state index in [1.807, 2.05) is 19.2 Å². The maximum Gasteiger partial charge on any atom is 0.262 e. The van der Waals surface area contributed by atoms with Gasteiger partial charge in [0.25, 0.3) is 17.4 Å². The minimum Gasteiger partial charge on any atom is -0.496 e. The van der Waals surface area contributed by atoms with Crippen molar-refractivity contribution in [2.45, 2.75) is 70.1 Å². The molecular weight excluding hydrogens is 791 g/mol. The summed E-state index contributed by atoms with van der Waals surface area (Å²) in [5.74, 6) is 0.385. The summed E-state index contributed by atoms with van der Waals surface area (Å²) >= 11 is 0. The van der Waals surface area contributed by atoms with Crippen LogP contribution in [0.3, 0.4) is 0 Å². The van der Waals surface area contributed by atoms with Gasteiger partial charge in [-0.1, -0.05) is 0 Å². The van der Waals surface area contributed by atoms with Gasteiger partial charge in [0.15, 0.2) is 0 Å². The summed E-state index contributed by atoms with van der Waals surface area (Å²) in [5, 5.41) is 3.68. The summed E-state index contributed by atoms with van der Waals surface area (Å²) in [7, 11) is 5.16. The molecule has 1 aliphatic carbocycles. The number of carbonyl (C=O) groups is 4. The van der Waals surface area contributed by atoms with E-state index in [1.165, 1.54) is 0 Å². The molecule has 15 nitrogen and oxygen atoms in total. The molecule has 326 valence electrons. The molecule has 4 aliphatic heterocycles. The summed E-state index contributed by atoms with van der Waals surface area (Å²) in [6, 6.07) is 10.6. The second kappa shape index (κ2) is 17.3. The number of piperazine rings is 1. The molecule has 1 N–H and O–H groups in total. The van der Waals surface area contributed by atoms with Crippen molar-refractivity contribution in [1.82, 2.24) is 29.6 Å². The smallest absolute Gasteiger partial charge is 0.262 e. The molecule has 3 unspecified atom stereocenters. The van der Waals surface area contributed by atoms with Crippen LogP contribution in [-0.4, -0.2) is 127 Å². The van der Waals surface area contributed by atoms with Gasteiger partial charge in [-0.25, -0.2) is 0 Å².